The molecule has 0 atom stereocenters. The maximum Gasteiger partial charge on any atom is 0.244 e. The van der Waals surface area contributed by atoms with Crippen LogP contribution in [-0.2, 0) is 4.79 Å². The second-order valence-electron chi connectivity index (χ2n) is 4.26. The summed E-state index contributed by atoms with van der Waals surface area (Å²) in [5.74, 6) is -0.304. The SMILES string of the molecule is Cc1cccc(NC(=O)C2(C#N)CC2)c1C#N. The van der Waals surface area contributed by atoms with E-state index in [0.29, 0.717) is 24.1 Å². The van der Waals surface area contributed by atoms with E-state index in [0.717, 1.165) is 5.56 Å². The van der Waals surface area contributed by atoms with Crippen LogP contribution in [0.5, 0.6) is 0 Å². The van der Waals surface area contributed by atoms with Gasteiger partial charge in [0, 0.05) is 0 Å². The van der Waals surface area contributed by atoms with Gasteiger partial charge < -0.3 is 5.32 Å². The first-order chi connectivity index (χ1) is 8.13. The summed E-state index contributed by atoms with van der Waals surface area (Å²) in [6, 6.07) is 9.35. The van der Waals surface area contributed by atoms with Gasteiger partial charge >= 0.3 is 0 Å². The molecule has 0 aliphatic heterocycles. The van der Waals surface area contributed by atoms with Crippen molar-refractivity contribution in [2.75, 3.05) is 5.32 Å². The third-order valence-electron chi connectivity index (χ3n) is 3.03. The number of nitriles is 2. The van der Waals surface area contributed by atoms with Gasteiger partial charge in [-0.05, 0) is 31.4 Å². The number of hydrogen-bond acceptors (Lipinski definition) is 3. The smallest absolute Gasteiger partial charge is 0.244 e. The van der Waals surface area contributed by atoms with Crippen LogP contribution in [0.2, 0.25) is 0 Å². The van der Waals surface area contributed by atoms with E-state index in [1.54, 1.807) is 12.1 Å². The third-order valence-corrected chi connectivity index (χ3v) is 3.03. The van der Waals surface area contributed by atoms with Gasteiger partial charge in [-0.2, -0.15) is 10.5 Å². The molecule has 17 heavy (non-hydrogen) atoms. The van der Waals surface area contributed by atoms with Gasteiger partial charge in [-0.3, -0.25) is 4.79 Å². The van der Waals surface area contributed by atoms with Crippen LogP contribution in [0.15, 0.2) is 18.2 Å². The number of amides is 1. The molecule has 84 valence electrons. The summed E-state index contributed by atoms with van der Waals surface area (Å²) in [6.07, 6.45) is 1.20. The first kappa shape index (κ1) is 11.2. The van der Waals surface area contributed by atoms with Crippen LogP contribution in [0.1, 0.15) is 24.0 Å². The van der Waals surface area contributed by atoms with Crippen LogP contribution in [0.3, 0.4) is 0 Å². The van der Waals surface area contributed by atoms with E-state index in [1.807, 2.05) is 19.1 Å². The molecular formula is C13H11N3O. The molecule has 0 heterocycles. The number of anilines is 1. The van der Waals surface area contributed by atoms with Gasteiger partial charge in [-0.15, -0.1) is 0 Å². The largest absolute Gasteiger partial charge is 0.323 e. The lowest BCUT2D eigenvalue weighted by Gasteiger charge is -2.10. The molecule has 0 unspecified atom stereocenters. The Balaban J connectivity index is 2.27. The lowest BCUT2D eigenvalue weighted by molar-refractivity contribution is -0.119. The Kier molecular flexibility index (Phi) is 2.57. The van der Waals surface area contributed by atoms with Gasteiger partial charge in [0.2, 0.25) is 5.91 Å². The van der Waals surface area contributed by atoms with E-state index in [-0.39, 0.29) is 5.91 Å². The molecule has 1 aliphatic carbocycles. The van der Waals surface area contributed by atoms with Crippen LogP contribution in [0.25, 0.3) is 0 Å². The Morgan fingerprint density at radius 3 is 2.65 bits per heavy atom. The monoisotopic (exact) mass is 225 g/mol. The molecule has 0 radical (unpaired) electrons. The van der Waals surface area contributed by atoms with Gasteiger partial charge in [-0.25, -0.2) is 0 Å². The number of nitrogens with zero attached hydrogens (tertiary/aromatic N) is 2. The van der Waals surface area contributed by atoms with Gasteiger partial charge in [0.1, 0.15) is 11.5 Å². The molecule has 4 heteroatoms. The van der Waals surface area contributed by atoms with Crippen molar-refractivity contribution >= 4 is 11.6 Å². The first-order valence-corrected chi connectivity index (χ1v) is 5.35. The van der Waals surface area contributed by atoms with Crippen molar-refractivity contribution in [1.29, 1.82) is 10.5 Å². The molecule has 0 aromatic heterocycles. The standard InChI is InChI=1S/C13H11N3O/c1-9-3-2-4-11(10(9)7-14)16-12(17)13(8-15)5-6-13/h2-4H,5-6H2,1H3,(H,16,17). The zero-order valence-electron chi connectivity index (χ0n) is 9.45. The third kappa shape index (κ3) is 1.86. The molecule has 4 nitrogen and oxygen atoms in total. The van der Waals surface area contributed by atoms with Crippen LogP contribution in [-0.4, -0.2) is 5.91 Å². The summed E-state index contributed by atoms with van der Waals surface area (Å²) < 4.78 is 0. The highest BCUT2D eigenvalue weighted by molar-refractivity contribution is 6.00. The van der Waals surface area contributed by atoms with Crippen molar-refractivity contribution in [3.8, 4) is 12.1 Å². The topological polar surface area (TPSA) is 76.7 Å². The van der Waals surface area contributed by atoms with Crippen molar-refractivity contribution in [2.45, 2.75) is 19.8 Å². The first-order valence-electron chi connectivity index (χ1n) is 5.35. The summed E-state index contributed by atoms with van der Waals surface area (Å²) in [4.78, 5) is 11.9. The molecule has 1 fully saturated rings. The second kappa shape index (κ2) is 3.92. The number of aryl methyl sites for hydroxylation is 1. The summed E-state index contributed by atoms with van der Waals surface area (Å²) in [6.45, 7) is 1.81. The molecule has 1 amide bonds. The number of carbonyl (C=O) groups is 1. The highest BCUT2D eigenvalue weighted by Crippen LogP contribution is 2.45. The Morgan fingerprint density at radius 2 is 2.12 bits per heavy atom. The van der Waals surface area contributed by atoms with Crippen LogP contribution < -0.4 is 5.32 Å². The zero-order chi connectivity index (χ0) is 12.5. The average Bonchev–Trinajstić information content (AvgIpc) is 3.10. The number of rotatable bonds is 2. The minimum atomic E-state index is -0.865. The highest BCUT2D eigenvalue weighted by Gasteiger charge is 2.50. The minimum Gasteiger partial charge on any atom is -0.323 e. The zero-order valence-corrected chi connectivity index (χ0v) is 9.45. The number of benzene rings is 1. The molecule has 1 aliphatic rings. The van der Waals surface area contributed by atoms with Gasteiger partial charge in [0.05, 0.1) is 17.3 Å². The predicted octanol–water partition coefficient (Wildman–Crippen LogP) is 2.11. The van der Waals surface area contributed by atoms with Crippen molar-refractivity contribution in [2.24, 2.45) is 5.41 Å². The number of hydrogen-bond donors (Lipinski definition) is 1. The molecule has 0 saturated heterocycles. The van der Waals surface area contributed by atoms with E-state index >= 15 is 0 Å². The minimum absolute atomic E-state index is 0.304. The second-order valence-corrected chi connectivity index (χ2v) is 4.26. The maximum atomic E-state index is 11.9. The Hall–Kier alpha value is -2.33. The predicted molar refractivity (Wildman–Crippen MR) is 61.8 cm³/mol. The maximum absolute atomic E-state index is 11.9. The fourth-order valence-electron chi connectivity index (χ4n) is 1.68. The Morgan fingerprint density at radius 1 is 1.41 bits per heavy atom. The van der Waals surface area contributed by atoms with E-state index in [2.05, 4.69) is 11.4 Å². The fraction of sp³-hybridized carbons (Fsp3) is 0.308. The molecule has 1 aromatic rings. The van der Waals surface area contributed by atoms with E-state index < -0.39 is 5.41 Å². The summed E-state index contributed by atoms with van der Waals surface area (Å²) >= 11 is 0. The molecular weight excluding hydrogens is 214 g/mol. The molecule has 0 spiro atoms. The molecule has 2 rings (SSSR count). The summed E-state index contributed by atoms with van der Waals surface area (Å²) in [5, 5.41) is 20.6. The van der Waals surface area contributed by atoms with Crippen molar-refractivity contribution in [1.82, 2.24) is 0 Å². The van der Waals surface area contributed by atoms with E-state index in [4.69, 9.17) is 10.5 Å². The normalized spacial score (nSPS) is 15.5. The van der Waals surface area contributed by atoms with E-state index in [9.17, 15) is 4.79 Å². The lowest BCUT2D eigenvalue weighted by Crippen LogP contribution is -2.23. The van der Waals surface area contributed by atoms with Gasteiger partial charge in [0.25, 0.3) is 0 Å². The van der Waals surface area contributed by atoms with Gasteiger partial charge in [-0.1, -0.05) is 12.1 Å². The van der Waals surface area contributed by atoms with Gasteiger partial charge in [0.15, 0.2) is 0 Å². The average molecular weight is 225 g/mol. The highest BCUT2D eigenvalue weighted by atomic mass is 16.2. The number of carbonyl (C=O) groups excluding carboxylic acids is 1. The summed E-state index contributed by atoms with van der Waals surface area (Å²) in [7, 11) is 0. The summed E-state index contributed by atoms with van der Waals surface area (Å²) in [5.41, 5.74) is 0.886. The van der Waals surface area contributed by atoms with Crippen LogP contribution >= 0.6 is 0 Å². The molecule has 1 N–H and O–H groups in total. The van der Waals surface area contributed by atoms with Crippen molar-refractivity contribution < 1.29 is 4.79 Å². The Bertz CT molecular complexity index is 559. The molecule has 0 bridgehead atoms. The molecule has 1 saturated carbocycles. The van der Waals surface area contributed by atoms with Crippen molar-refractivity contribution in [3.63, 3.8) is 0 Å². The molecule has 1 aromatic carbocycles. The fourth-order valence-corrected chi connectivity index (χ4v) is 1.68. The Labute approximate surface area is 99.5 Å². The quantitative estimate of drug-likeness (QED) is 0.837. The lowest BCUT2D eigenvalue weighted by atomic mass is 10.1. The van der Waals surface area contributed by atoms with Crippen molar-refractivity contribution in [3.05, 3.63) is 29.3 Å². The number of nitrogens with one attached hydrogen (secondary N) is 1. The van der Waals surface area contributed by atoms with E-state index in [1.165, 1.54) is 0 Å². The van der Waals surface area contributed by atoms with Crippen LogP contribution in [0, 0.1) is 35.0 Å². The van der Waals surface area contributed by atoms with Crippen LogP contribution in [0.4, 0.5) is 5.69 Å².